The van der Waals surface area contributed by atoms with Gasteiger partial charge in [0.05, 0.1) is 0 Å². The molecule has 120 valence electrons. The molecular weight excluding hydrogens is 604 g/mol. The highest BCUT2D eigenvalue weighted by molar-refractivity contribution is 9.15. The molecule has 1 aromatic rings. The van der Waals surface area contributed by atoms with Crippen LogP contribution in [-0.2, 0) is 6.42 Å². The van der Waals surface area contributed by atoms with Crippen LogP contribution in [0.2, 0.25) is 0 Å². The van der Waals surface area contributed by atoms with Gasteiger partial charge < -0.3 is 0 Å². The molecule has 0 spiro atoms. The Morgan fingerprint density at radius 1 is 0.955 bits per heavy atom. The van der Waals surface area contributed by atoms with E-state index in [-0.39, 0.29) is 0 Å². The summed E-state index contributed by atoms with van der Waals surface area (Å²) in [5.74, 6) is 0. The second-order valence-corrected chi connectivity index (χ2v) is 8.86. The maximum absolute atomic E-state index is 4.06. The van der Waals surface area contributed by atoms with Crippen LogP contribution in [0.15, 0.2) is 57.8 Å². The van der Waals surface area contributed by atoms with Crippen LogP contribution in [0.3, 0.4) is 0 Å². The van der Waals surface area contributed by atoms with Crippen molar-refractivity contribution in [2.24, 2.45) is 0 Å². The molecule has 0 unspecified atom stereocenters. The number of rotatable bonds is 5. The number of allylic oxidation sites excluding steroid dienone is 5. The van der Waals surface area contributed by atoms with Crippen LogP contribution in [0.4, 0.5) is 0 Å². The van der Waals surface area contributed by atoms with Crippen molar-refractivity contribution in [3.63, 3.8) is 0 Å². The van der Waals surface area contributed by atoms with Crippen molar-refractivity contribution >= 4 is 79.6 Å². The summed E-state index contributed by atoms with van der Waals surface area (Å²) in [5, 5.41) is 0. The van der Waals surface area contributed by atoms with Crippen molar-refractivity contribution < 1.29 is 0 Å². The van der Waals surface area contributed by atoms with Gasteiger partial charge in [-0.15, -0.1) is 0 Å². The van der Waals surface area contributed by atoms with Gasteiger partial charge in [0, 0.05) is 22.4 Å². The third-order valence-corrected chi connectivity index (χ3v) is 9.60. The molecule has 1 rings (SSSR count). The predicted octanol–water partition coefficient (Wildman–Crippen LogP) is 8.90. The van der Waals surface area contributed by atoms with Gasteiger partial charge in [-0.25, -0.2) is 0 Å². The van der Waals surface area contributed by atoms with Crippen molar-refractivity contribution in [3.05, 3.63) is 63.4 Å². The number of benzene rings is 1. The Morgan fingerprint density at radius 2 is 1.41 bits per heavy atom. The topological polar surface area (TPSA) is 0 Å². The van der Waals surface area contributed by atoms with Crippen LogP contribution < -0.4 is 0 Å². The van der Waals surface area contributed by atoms with Gasteiger partial charge in [-0.05, 0) is 123 Å². The first-order valence-corrected chi connectivity index (χ1v) is 10.7. The summed E-state index contributed by atoms with van der Waals surface area (Å²) in [6.45, 7) is 10.3. The zero-order valence-electron chi connectivity index (χ0n) is 12.7. The molecule has 0 aliphatic rings. The van der Waals surface area contributed by atoms with Gasteiger partial charge in [0.25, 0.3) is 0 Å². The molecule has 0 nitrogen and oxygen atoms in total. The van der Waals surface area contributed by atoms with E-state index in [9.17, 15) is 0 Å². The van der Waals surface area contributed by atoms with Gasteiger partial charge in [-0.3, -0.25) is 0 Å². The van der Waals surface area contributed by atoms with Crippen molar-refractivity contribution in [1.82, 2.24) is 0 Å². The van der Waals surface area contributed by atoms with Gasteiger partial charge in [-0.2, -0.15) is 0 Å². The Hall–Kier alpha value is 0.840. The lowest BCUT2D eigenvalue weighted by Gasteiger charge is -2.15. The molecule has 5 heteroatoms. The van der Waals surface area contributed by atoms with Crippen LogP contribution in [0.25, 0.3) is 0 Å². The molecule has 0 saturated carbocycles. The molecule has 0 aliphatic carbocycles. The van der Waals surface area contributed by atoms with Crippen molar-refractivity contribution in [1.29, 1.82) is 0 Å². The Bertz CT molecular complexity index is 624. The van der Waals surface area contributed by atoms with Crippen molar-refractivity contribution in [2.45, 2.75) is 33.6 Å². The standard InChI is InChI=1S/C17H17Br5/c1-5-10(7-11(6-2)9(3)4)8-12-13(18)15(20)17(22)16(21)14(12)19/h5,7H,3,6,8H2,1-2,4H3/b10-5+,11-7-. The van der Waals surface area contributed by atoms with E-state index < -0.39 is 0 Å². The third kappa shape index (κ3) is 4.92. The summed E-state index contributed by atoms with van der Waals surface area (Å²) in [4.78, 5) is 0. The van der Waals surface area contributed by atoms with E-state index in [1.54, 1.807) is 0 Å². The minimum atomic E-state index is 0.832. The number of hydrogen-bond acceptors (Lipinski definition) is 0. The van der Waals surface area contributed by atoms with Gasteiger partial charge in [0.2, 0.25) is 0 Å². The molecule has 0 amide bonds. The molecule has 0 aliphatic heterocycles. The highest BCUT2D eigenvalue weighted by Crippen LogP contribution is 2.45. The molecule has 22 heavy (non-hydrogen) atoms. The predicted molar refractivity (Wildman–Crippen MR) is 116 cm³/mol. The molecule has 0 heterocycles. The first-order valence-electron chi connectivity index (χ1n) is 6.76. The molecular formula is C17H17Br5. The van der Waals surface area contributed by atoms with Crippen LogP contribution in [0.1, 0.15) is 32.8 Å². The van der Waals surface area contributed by atoms with Crippen molar-refractivity contribution in [3.8, 4) is 0 Å². The highest BCUT2D eigenvalue weighted by atomic mass is 79.9. The lowest BCUT2D eigenvalue weighted by molar-refractivity contribution is 1.08. The van der Waals surface area contributed by atoms with Crippen LogP contribution in [0.5, 0.6) is 0 Å². The summed E-state index contributed by atoms with van der Waals surface area (Å²) in [7, 11) is 0. The minimum absolute atomic E-state index is 0.832. The number of halogens is 5. The van der Waals surface area contributed by atoms with E-state index in [2.05, 4.69) is 119 Å². The molecule has 1 aromatic carbocycles. The fourth-order valence-corrected chi connectivity index (χ4v) is 5.41. The molecule has 0 radical (unpaired) electrons. The Labute approximate surface area is 175 Å². The van der Waals surface area contributed by atoms with E-state index in [0.717, 1.165) is 40.8 Å². The normalized spacial score (nSPS) is 12.7. The van der Waals surface area contributed by atoms with E-state index in [4.69, 9.17) is 0 Å². The van der Waals surface area contributed by atoms with E-state index in [1.807, 2.05) is 0 Å². The van der Waals surface area contributed by atoms with Gasteiger partial charge in [0.15, 0.2) is 0 Å². The highest BCUT2D eigenvalue weighted by Gasteiger charge is 2.18. The number of hydrogen-bond donors (Lipinski definition) is 0. The van der Waals surface area contributed by atoms with E-state index in [1.165, 1.54) is 16.7 Å². The molecule has 0 bridgehead atoms. The SMILES string of the molecule is C=C(C)/C(=C\C(=C/C)Cc1c(Br)c(Br)c(Br)c(Br)c1Br)CC. The fraction of sp³-hybridized carbons (Fsp3) is 0.294. The molecule has 0 aromatic heterocycles. The summed E-state index contributed by atoms with van der Waals surface area (Å²) in [6, 6.07) is 0. The second kappa shape index (κ2) is 9.36. The monoisotopic (exact) mass is 616 g/mol. The maximum atomic E-state index is 4.06. The zero-order chi connectivity index (χ0) is 17.0. The van der Waals surface area contributed by atoms with Gasteiger partial charge in [-0.1, -0.05) is 31.2 Å². The molecule has 0 atom stereocenters. The summed E-state index contributed by atoms with van der Waals surface area (Å²) >= 11 is 18.2. The lowest BCUT2D eigenvalue weighted by atomic mass is 9.98. The van der Waals surface area contributed by atoms with E-state index in [0.29, 0.717) is 0 Å². The second-order valence-electron chi connectivity index (χ2n) is 4.89. The lowest BCUT2D eigenvalue weighted by Crippen LogP contribution is -1.96. The summed E-state index contributed by atoms with van der Waals surface area (Å²) in [5.41, 5.74) is 4.87. The van der Waals surface area contributed by atoms with Gasteiger partial charge >= 0.3 is 0 Å². The maximum Gasteiger partial charge on any atom is 0.0482 e. The van der Waals surface area contributed by atoms with Crippen molar-refractivity contribution in [2.75, 3.05) is 0 Å². The molecule has 0 N–H and O–H groups in total. The first-order chi connectivity index (χ1) is 10.2. The summed E-state index contributed by atoms with van der Waals surface area (Å²) in [6.07, 6.45) is 6.22. The Kier molecular flexibility index (Phi) is 8.88. The first kappa shape index (κ1) is 20.9. The molecule has 0 saturated heterocycles. The zero-order valence-corrected chi connectivity index (χ0v) is 20.6. The van der Waals surface area contributed by atoms with E-state index >= 15 is 0 Å². The Morgan fingerprint density at radius 3 is 1.77 bits per heavy atom. The average molecular weight is 621 g/mol. The smallest absolute Gasteiger partial charge is 0.0482 e. The van der Waals surface area contributed by atoms with Crippen LogP contribution in [0, 0.1) is 0 Å². The quantitative estimate of drug-likeness (QED) is 0.175. The third-order valence-electron chi connectivity index (χ3n) is 3.34. The minimum Gasteiger partial charge on any atom is -0.0958 e. The summed E-state index contributed by atoms with van der Waals surface area (Å²) < 4.78 is 5.11. The molecule has 0 fully saturated rings. The largest absolute Gasteiger partial charge is 0.0958 e. The average Bonchev–Trinajstić information content (AvgIpc) is 2.50. The van der Waals surface area contributed by atoms with Crippen LogP contribution in [-0.4, -0.2) is 0 Å². The van der Waals surface area contributed by atoms with Gasteiger partial charge in [0.1, 0.15) is 0 Å². The Balaban J connectivity index is 3.32. The fourth-order valence-electron chi connectivity index (χ4n) is 2.00. The van der Waals surface area contributed by atoms with Crippen LogP contribution >= 0.6 is 79.6 Å².